The minimum atomic E-state index is -0.464. The predicted octanol–water partition coefficient (Wildman–Crippen LogP) is 5.37. The first-order valence-corrected chi connectivity index (χ1v) is 8.76. The second kappa shape index (κ2) is 9.07. The van der Waals surface area contributed by atoms with Gasteiger partial charge < -0.3 is 10.1 Å². The smallest absolute Gasteiger partial charge is 0.266 e. The third-order valence-corrected chi connectivity index (χ3v) is 4.11. The topological polar surface area (TPSA) is 62.1 Å². The number of nitrogens with zero attached hydrogens (tertiary/aromatic N) is 1. The van der Waals surface area contributed by atoms with Gasteiger partial charge in [0.05, 0.1) is 11.1 Å². The molecule has 0 bridgehead atoms. The van der Waals surface area contributed by atoms with Crippen LogP contribution in [0.5, 0.6) is 5.75 Å². The lowest BCUT2D eigenvalue weighted by Gasteiger charge is -2.14. The monoisotopic (exact) mass is 368 g/mol. The van der Waals surface area contributed by atoms with Crippen molar-refractivity contribution in [2.75, 3.05) is 5.32 Å². The molecule has 0 heterocycles. The number of carbonyl (C=O) groups is 1. The van der Waals surface area contributed by atoms with Gasteiger partial charge in [0, 0.05) is 5.69 Å². The number of nitriles is 1. The third kappa shape index (κ3) is 5.37. The molecule has 2 aromatic carbocycles. The van der Waals surface area contributed by atoms with Crippen molar-refractivity contribution in [1.29, 1.82) is 5.26 Å². The van der Waals surface area contributed by atoms with E-state index in [1.807, 2.05) is 45.0 Å². The molecule has 0 aliphatic rings. The van der Waals surface area contributed by atoms with Gasteiger partial charge in [0.2, 0.25) is 0 Å². The average molecular weight is 369 g/mol. The number of hydrogen-bond acceptors (Lipinski definition) is 3. The molecule has 4 nitrogen and oxygen atoms in total. The van der Waals surface area contributed by atoms with Crippen LogP contribution >= 0.6 is 11.6 Å². The molecule has 0 saturated carbocycles. The molecule has 1 amide bonds. The van der Waals surface area contributed by atoms with Crippen molar-refractivity contribution in [3.8, 4) is 11.8 Å². The number of amides is 1. The van der Waals surface area contributed by atoms with Crippen LogP contribution in [-0.2, 0) is 4.79 Å². The SMILES string of the molecule is CC[C@H](C)Oc1ccc(/C=C(/C#N)C(=O)Nc2cccc(C)c2)cc1Cl. The van der Waals surface area contributed by atoms with E-state index < -0.39 is 5.91 Å². The summed E-state index contributed by atoms with van der Waals surface area (Å²) in [6.45, 7) is 5.93. The molecule has 2 rings (SSSR count). The van der Waals surface area contributed by atoms with Gasteiger partial charge in [-0.15, -0.1) is 0 Å². The Morgan fingerprint density at radius 3 is 2.73 bits per heavy atom. The van der Waals surface area contributed by atoms with Crippen molar-refractivity contribution >= 4 is 29.3 Å². The summed E-state index contributed by atoms with van der Waals surface area (Å²) in [4.78, 5) is 12.3. The Hall–Kier alpha value is -2.77. The maximum atomic E-state index is 12.3. The van der Waals surface area contributed by atoms with E-state index in [-0.39, 0.29) is 11.7 Å². The van der Waals surface area contributed by atoms with Crippen LogP contribution in [0.25, 0.3) is 6.08 Å². The molecule has 0 fully saturated rings. The zero-order valence-corrected chi connectivity index (χ0v) is 15.8. The normalized spacial score (nSPS) is 12.2. The molecule has 0 saturated heterocycles. The zero-order chi connectivity index (χ0) is 19.1. The summed E-state index contributed by atoms with van der Waals surface area (Å²) in [6.07, 6.45) is 2.43. The van der Waals surface area contributed by atoms with Gasteiger partial charge in [-0.3, -0.25) is 4.79 Å². The van der Waals surface area contributed by atoms with E-state index >= 15 is 0 Å². The summed E-state index contributed by atoms with van der Waals surface area (Å²) in [5.74, 6) is 0.120. The van der Waals surface area contributed by atoms with Crippen LogP contribution in [-0.4, -0.2) is 12.0 Å². The van der Waals surface area contributed by atoms with Crippen LogP contribution in [0.15, 0.2) is 48.0 Å². The summed E-state index contributed by atoms with van der Waals surface area (Å²) < 4.78 is 5.72. The van der Waals surface area contributed by atoms with Crippen molar-refractivity contribution in [3.05, 3.63) is 64.2 Å². The first-order valence-electron chi connectivity index (χ1n) is 8.39. The largest absolute Gasteiger partial charge is 0.489 e. The van der Waals surface area contributed by atoms with E-state index in [4.69, 9.17) is 16.3 Å². The number of benzene rings is 2. The fraction of sp³-hybridized carbons (Fsp3) is 0.238. The van der Waals surface area contributed by atoms with Gasteiger partial charge >= 0.3 is 0 Å². The minimum Gasteiger partial charge on any atom is -0.489 e. The molecule has 0 aromatic heterocycles. The van der Waals surface area contributed by atoms with Crippen molar-refractivity contribution in [2.45, 2.75) is 33.3 Å². The molecule has 0 aliphatic heterocycles. The molecule has 5 heteroatoms. The van der Waals surface area contributed by atoms with Crippen molar-refractivity contribution < 1.29 is 9.53 Å². The maximum Gasteiger partial charge on any atom is 0.266 e. The van der Waals surface area contributed by atoms with Gasteiger partial charge in [0.25, 0.3) is 5.91 Å². The van der Waals surface area contributed by atoms with Gasteiger partial charge in [0.15, 0.2) is 0 Å². The van der Waals surface area contributed by atoms with Crippen LogP contribution in [0.1, 0.15) is 31.4 Å². The van der Waals surface area contributed by atoms with Crippen molar-refractivity contribution in [3.63, 3.8) is 0 Å². The summed E-state index contributed by atoms with van der Waals surface area (Å²) in [5, 5.41) is 12.5. The molecule has 0 unspecified atom stereocenters. The van der Waals surface area contributed by atoms with Crippen LogP contribution in [0, 0.1) is 18.3 Å². The number of ether oxygens (including phenoxy) is 1. The number of anilines is 1. The molecule has 0 spiro atoms. The molecule has 2 aromatic rings. The highest BCUT2D eigenvalue weighted by molar-refractivity contribution is 6.32. The number of hydrogen-bond donors (Lipinski definition) is 1. The third-order valence-electron chi connectivity index (χ3n) is 3.81. The highest BCUT2D eigenvalue weighted by Gasteiger charge is 2.11. The highest BCUT2D eigenvalue weighted by atomic mass is 35.5. The molecule has 26 heavy (non-hydrogen) atoms. The lowest BCUT2D eigenvalue weighted by Crippen LogP contribution is -2.13. The molecular formula is C21H21ClN2O2. The summed E-state index contributed by atoms with van der Waals surface area (Å²) in [6, 6.07) is 14.5. The summed E-state index contributed by atoms with van der Waals surface area (Å²) in [7, 11) is 0. The van der Waals surface area contributed by atoms with Crippen LogP contribution < -0.4 is 10.1 Å². The van der Waals surface area contributed by atoms with Crippen molar-refractivity contribution in [2.24, 2.45) is 0 Å². The molecule has 1 N–H and O–H groups in total. The lowest BCUT2D eigenvalue weighted by molar-refractivity contribution is -0.112. The first-order chi connectivity index (χ1) is 12.4. The molecule has 134 valence electrons. The summed E-state index contributed by atoms with van der Waals surface area (Å²) in [5.41, 5.74) is 2.32. The lowest BCUT2D eigenvalue weighted by atomic mass is 10.1. The first kappa shape index (κ1) is 19.6. The number of halogens is 1. The van der Waals surface area contributed by atoms with E-state index in [1.54, 1.807) is 24.3 Å². The van der Waals surface area contributed by atoms with Crippen LogP contribution in [0.3, 0.4) is 0 Å². The standard InChI is InChI=1S/C21H21ClN2O2/c1-4-15(3)26-20-9-8-16(12-19(20)22)11-17(13-23)21(25)24-18-7-5-6-14(2)10-18/h5-12,15H,4H2,1-3H3,(H,24,25)/b17-11-/t15-/m0/s1. The Morgan fingerprint density at radius 1 is 1.35 bits per heavy atom. The maximum absolute atomic E-state index is 12.3. The van der Waals surface area contributed by atoms with Crippen molar-refractivity contribution in [1.82, 2.24) is 0 Å². The van der Waals surface area contributed by atoms with E-state index in [2.05, 4.69) is 5.32 Å². The van der Waals surface area contributed by atoms with Gasteiger partial charge in [0.1, 0.15) is 17.4 Å². The average Bonchev–Trinajstić information content (AvgIpc) is 2.61. The summed E-state index contributed by atoms with van der Waals surface area (Å²) >= 11 is 6.25. The Labute approximate surface area is 159 Å². The van der Waals surface area contributed by atoms with Gasteiger partial charge in [-0.25, -0.2) is 0 Å². The Morgan fingerprint density at radius 2 is 2.12 bits per heavy atom. The Bertz CT molecular complexity index is 869. The fourth-order valence-electron chi connectivity index (χ4n) is 2.24. The quantitative estimate of drug-likeness (QED) is 0.550. The Balaban J connectivity index is 2.18. The van der Waals surface area contributed by atoms with E-state index in [0.717, 1.165) is 12.0 Å². The number of aryl methyl sites for hydroxylation is 1. The minimum absolute atomic E-state index is 0.00170. The van der Waals surface area contributed by atoms with Gasteiger partial charge in [-0.05, 0) is 61.7 Å². The molecule has 0 aliphatic carbocycles. The predicted molar refractivity (Wildman–Crippen MR) is 105 cm³/mol. The number of carbonyl (C=O) groups excluding carboxylic acids is 1. The van der Waals surface area contributed by atoms with Crippen LogP contribution in [0.2, 0.25) is 5.02 Å². The van der Waals surface area contributed by atoms with E-state index in [1.165, 1.54) is 6.08 Å². The van der Waals surface area contributed by atoms with Gasteiger partial charge in [-0.2, -0.15) is 5.26 Å². The Kier molecular flexibility index (Phi) is 6.82. The highest BCUT2D eigenvalue weighted by Crippen LogP contribution is 2.27. The molecular weight excluding hydrogens is 348 g/mol. The van der Waals surface area contributed by atoms with E-state index in [9.17, 15) is 10.1 Å². The molecule has 1 atom stereocenters. The second-order valence-electron chi connectivity index (χ2n) is 6.02. The van der Waals surface area contributed by atoms with E-state index in [0.29, 0.717) is 22.0 Å². The number of nitrogens with one attached hydrogen (secondary N) is 1. The number of rotatable bonds is 6. The second-order valence-corrected chi connectivity index (χ2v) is 6.43. The van der Waals surface area contributed by atoms with Gasteiger partial charge in [-0.1, -0.05) is 36.7 Å². The van der Waals surface area contributed by atoms with Crippen LogP contribution in [0.4, 0.5) is 5.69 Å². The zero-order valence-electron chi connectivity index (χ0n) is 15.0. The molecule has 0 radical (unpaired) electrons. The fourth-order valence-corrected chi connectivity index (χ4v) is 2.47.